The largest absolute Gasteiger partial charge is 0.314 e. The van der Waals surface area contributed by atoms with Crippen molar-refractivity contribution in [2.75, 3.05) is 6.54 Å². The van der Waals surface area contributed by atoms with E-state index in [1.807, 2.05) is 0 Å². The SMILES string of the molecule is C[C@@H](NC1CCCCC1C1CCCN1)c1cccc(Br)c1. The van der Waals surface area contributed by atoms with Gasteiger partial charge in [-0.3, -0.25) is 0 Å². The molecule has 4 atom stereocenters. The molecule has 0 spiro atoms. The van der Waals surface area contributed by atoms with Gasteiger partial charge in [0, 0.05) is 22.6 Å². The number of benzene rings is 1. The first-order valence-corrected chi connectivity index (χ1v) is 9.28. The summed E-state index contributed by atoms with van der Waals surface area (Å²) in [6, 6.07) is 10.5. The van der Waals surface area contributed by atoms with Gasteiger partial charge >= 0.3 is 0 Å². The Kier molecular flexibility index (Phi) is 5.36. The summed E-state index contributed by atoms with van der Waals surface area (Å²) in [4.78, 5) is 0. The number of rotatable bonds is 4. The van der Waals surface area contributed by atoms with Crippen LogP contribution in [0.15, 0.2) is 28.7 Å². The predicted molar refractivity (Wildman–Crippen MR) is 92.5 cm³/mol. The van der Waals surface area contributed by atoms with Crippen LogP contribution in [-0.4, -0.2) is 18.6 Å². The van der Waals surface area contributed by atoms with Crippen molar-refractivity contribution in [3.8, 4) is 0 Å². The molecule has 2 nitrogen and oxygen atoms in total. The molecule has 0 amide bonds. The van der Waals surface area contributed by atoms with E-state index in [4.69, 9.17) is 0 Å². The molecule has 2 fully saturated rings. The van der Waals surface area contributed by atoms with Gasteiger partial charge in [0.25, 0.3) is 0 Å². The Morgan fingerprint density at radius 1 is 1.19 bits per heavy atom. The highest BCUT2D eigenvalue weighted by Gasteiger charge is 2.33. The lowest BCUT2D eigenvalue weighted by atomic mass is 9.79. The van der Waals surface area contributed by atoms with Gasteiger partial charge in [0.2, 0.25) is 0 Å². The van der Waals surface area contributed by atoms with Crippen molar-refractivity contribution in [1.29, 1.82) is 0 Å². The molecule has 21 heavy (non-hydrogen) atoms. The highest BCUT2D eigenvalue weighted by atomic mass is 79.9. The molecule has 2 aliphatic rings. The van der Waals surface area contributed by atoms with Crippen LogP contribution in [-0.2, 0) is 0 Å². The number of halogens is 1. The summed E-state index contributed by atoms with van der Waals surface area (Å²) >= 11 is 3.58. The fourth-order valence-electron chi connectivity index (χ4n) is 4.12. The standard InChI is InChI=1S/C18H27BrN2/c1-13(14-6-4-7-15(19)12-14)21-18-9-3-2-8-16(18)17-10-5-11-20-17/h4,6-7,12-13,16-18,20-21H,2-3,5,8-11H2,1H3/t13-,16?,17?,18?/m1/s1. The molecule has 0 aromatic heterocycles. The summed E-state index contributed by atoms with van der Waals surface area (Å²) in [5.41, 5.74) is 1.38. The van der Waals surface area contributed by atoms with E-state index in [0.29, 0.717) is 12.1 Å². The molecule has 0 bridgehead atoms. The monoisotopic (exact) mass is 350 g/mol. The topological polar surface area (TPSA) is 24.1 Å². The zero-order valence-corrected chi connectivity index (χ0v) is 14.5. The van der Waals surface area contributed by atoms with E-state index in [1.165, 1.54) is 55.1 Å². The van der Waals surface area contributed by atoms with Crippen molar-refractivity contribution in [3.63, 3.8) is 0 Å². The molecule has 3 rings (SSSR count). The fraction of sp³-hybridized carbons (Fsp3) is 0.667. The molecule has 3 heteroatoms. The van der Waals surface area contributed by atoms with Gasteiger partial charge in [-0.2, -0.15) is 0 Å². The molecule has 116 valence electrons. The first kappa shape index (κ1) is 15.5. The van der Waals surface area contributed by atoms with Gasteiger partial charge in [-0.15, -0.1) is 0 Å². The molecule has 1 saturated carbocycles. The van der Waals surface area contributed by atoms with Crippen LogP contribution in [0.25, 0.3) is 0 Å². The summed E-state index contributed by atoms with van der Waals surface area (Å²) in [5.74, 6) is 0.816. The zero-order chi connectivity index (χ0) is 14.7. The molecular formula is C18H27BrN2. The van der Waals surface area contributed by atoms with Crippen LogP contribution >= 0.6 is 15.9 Å². The van der Waals surface area contributed by atoms with Crippen molar-refractivity contribution in [2.45, 2.75) is 63.6 Å². The lowest BCUT2D eigenvalue weighted by molar-refractivity contribution is 0.203. The quantitative estimate of drug-likeness (QED) is 0.840. The third kappa shape index (κ3) is 3.88. The van der Waals surface area contributed by atoms with E-state index in [9.17, 15) is 0 Å². The van der Waals surface area contributed by atoms with Gasteiger partial charge < -0.3 is 10.6 Å². The minimum absolute atomic E-state index is 0.425. The van der Waals surface area contributed by atoms with Crippen molar-refractivity contribution < 1.29 is 0 Å². The van der Waals surface area contributed by atoms with Crippen LogP contribution < -0.4 is 10.6 Å². The van der Waals surface area contributed by atoms with Crippen LogP contribution in [0.3, 0.4) is 0 Å². The average Bonchev–Trinajstić information content (AvgIpc) is 3.02. The second-order valence-corrected chi connectivity index (χ2v) is 7.62. The number of hydrogen-bond donors (Lipinski definition) is 2. The fourth-order valence-corrected chi connectivity index (χ4v) is 4.54. The van der Waals surface area contributed by atoms with Gasteiger partial charge in [-0.05, 0) is 62.8 Å². The Hall–Kier alpha value is -0.380. The maximum atomic E-state index is 3.93. The zero-order valence-electron chi connectivity index (χ0n) is 12.9. The second-order valence-electron chi connectivity index (χ2n) is 6.70. The molecule has 3 unspecified atom stereocenters. The van der Waals surface area contributed by atoms with Crippen molar-refractivity contribution in [3.05, 3.63) is 34.3 Å². The Bertz CT molecular complexity index is 456. The summed E-state index contributed by atoms with van der Waals surface area (Å²) in [5, 5.41) is 7.66. The third-order valence-corrected chi connectivity index (χ3v) is 5.74. The Morgan fingerprint density at radius 2 is 2.05 bits per heavy atom. The normalized spacial score (nSPS) is 31.2. The highest BCUT2D eigenvalue weighted by Crippen LogP contribution is 2.32. The van der Waals surface area contributed by atoms with Gasteiger partial charge in [-0.25, -0.2) is 0 Å². The summed E-state index contributed by atoms with van der Waals surface area (Å²) in [6.07, 6.45) is 8.24. The summed E-state index contributed by atoms with van der Waals surface area (Å²) in [7, 11) is 0. The number of hydrogen-bond acceptors (Lipinski definition) is 2. The number of nitrogens with one attached hydrogen (secondary N) is 2. The van der Waals surface area contributed by atoms with Crippen molar-refractivity contribution in [1.82, 2.24) is 10.6 Å². The smallest absolute Gasteiger partial charge is 0.0294 e. The Balaban J connectivity index is 1.66. The lowest BCUT2D eigenvalue weighted by Gasteiger charge is -2.38. The molecule has 1 aromatic rings. The van der Waals surface area contributed by atoms with Crippen LogP contribution in [0.2, 0.25) is 0 Å². The molecule has 1 saturated heterocycles. The molecule has 1 aliphatic carbocycles. The molecule has 2 N–H and O–H groups in total. The molecular weight excluding hydrogens is 324 g/mol. The predicted octanol–water partition coefficient (Wildman–Crippen LogP) is 4.41. The first-order chi connectivity index (χ1) is 10.2. The van der Waals surface area contributed by atoms with Crippen LogP contribution in [0.1, 0.15) is 57.1 Å². The van der Waals surface area contributed by atoms with Crippen molar-refractivity contribution >= 4 is 15.9 Å². The summed E-state index contributed by atoms with van der Waals surface area (Å²) < 4.78 is 1.17. The maximum absolute atomic E-state index is 3.93. The van der Waals surface area contributed by atoms with Gasteiger partial charge in [-0.1, -0.05) is 40.9 Å². The van der Waals surface area contributed by atoms with E-state index >= 15 is 0 Å². The minimum atomic E-state index is 0.425. The average molecular weight is 351 g/mol. The maximum Gasteiger partial charge on any atom is 0.0294 e. The third-order valence-electron chi connectivity index (χ3n) is 5.25. The van der Waals surface area contributed by atoms with Crippen LogP contribution in [0, 0.1) is 5.92 Å². The van der Waals surface area contributed by atoms with Gasteiger partial charge in [0.15, 0.2) is 0 Å². The lowest BCUT2D eigenvalue weighted by Crippen LogP contribution is -2.47. The van der Waals surface area contributed by atoms with E-state index in [1.54, 1.807) is 0 Å². The highest BCUT2D eigenvalue weighted by molar-refractivity contribution is 9.10. The minimum Gasteiger partial charge on any atom is -0.314 e. The molecule has 1 aromatic carbocycles. The van der Waals surface area contributed by atoms with E-state index < -0.39 is 0 Å². The van der Waals surface area contributed by atoms with E-state index in [2.05, 4.69) is 57.8 Å². The van der Waals surface area contributed by atoms with Gasteiger partial charge in [0.05, 0.1) is 0 Å². The molecule has 1 aliphatic heterocycles. The Morgan fingerprint density at radius 3 is 2.81 bits per heavy atom. The van der Waals surface area contributed by atoms with E-state index in [0.717, 1.165) is 12.0 Å². The first-order valence-electron chi connectivity index (χ1n) is 8.49. The van der Waals surface area contributed by atoms with Gasteiger partial charge in [0.1, 0.15) is 0 Å². The summed E-state index contributed by atoms with van der Waals surface area (Å²) in [6.45, 7) is 3.52. The molecule has 1 heterocycles. The molecule has 0 radical (unpaired) electrons. The van der Waals surface area contributed by atoms with E-state index in [-0.39, 0.29) is 0 Å². The van der Waals surface area contributed by atoms with Crippen LogP contribution in [0.5, 0.6) is 0 Å². The second kappa shape index (κ2) is 7.26. The van der Waals surface area contributed by atoms with Crippen molar-refractivity contribution in [2.24, 2.45) is 5.92 Å². The van der Waals surface area contributed by atoms with Crippen LogP contribution in [0.4, 0.5) is 0 Å². The Labute approximate surface area is 137 Å².